The molecule has 0 unspecified atom stereocenters. The van der Waals surface area contributed by atoms with Gasteiger partial charge in [0, 0.05) is 21.7 Å². The molecule has 0 saturated heterocycles. The molecule has 3 aromatic rings. The lowest BCUT2D eigenvalue weighted by Crippen LogP contribution is -2.18. The molecule has 1 N–H and O–H groups in total. The molecule has 1 aromatic heterocycles. The second-order valence-corrected chi connectivity index (χ2v) is 7.29. The third-order valence-corrected chi connectivity index (χ3v) is 4.86. The van der Waals surface area contributed by atoms with Crippen LogP contribution in [-0.2, 0) is 6.54 Å². The summed E-state index contributed by atoms with van der Waals surface area (Å²) < 4.78 is 1.78. The van der Waals surface area contributed by atoms with Gasteiger partial charge in [-0.1, -0.05) is 35.9 Å². The van der Waals surface area contributed by atoms with Crippen molar-refractivity contribution in [2.45, 2.75) is 13.5 Å². The maximum absolute atomic E-state index is 12.4. The Morgan fingerprint density at radius 3 is 2.69 bits per heavy atom. The van der Waals surface area contributed by atoms with Gasteiger partial charge in [0.05, 0.1) is 12.1 Å². The molecule has 7 heteroatoms. The van der Waals surface area contributed by atoms with Crippen molar-refractivity contribution in [2.24, 2.45) is 4.99 Å². The minimum atomic E-state index is -0.985. The van der Waals surface area contributed by atoms with E-state index in [1.807, 2.05) is 13.1 Å². The van der Waals surface area contributed by atoms with Gasteiger partial charge in [-0.3, -0.25) is 4.79 Å². The largest absolute Gasteiger partial charge is 0.478 e. The number of amides is 1. The highest BCUT2D eigenvalue weighted by Crippen LogP contribution is 2.13. The Labute approximate surface area is 158 Å². The summed E-state index contributed by atoms with van der Waals surface area (Å²) in [7, 11) is 0. The number of thiazole rings is 1. The van der Waals surface area contributed by atoms with Gasteiger partial charge in [0.25, 0.3) is 5.91 Å². The van der Waals surface area contributed by atoms with Gasteiger partial charge in [-0.05, 0) is 36.8 Å². The number of hydrogen-bond donors (Lipinski definition) is 1. The van der Waals surface area contributed by atoms with Gasteiger partial charge in [0.2, 0.25) is 0 Å². The number of rotatable bonds is 4. The SMILES string of the molecule is Cc1cn(Cc2ccccc2C(=O)O)c(=NC(=O)c2cccc(Cl)c2)s1. The molecule has 0 aliphatic heterocycles. The fourth-order valence-electron chi connectivity index (χ4n) is 2.53. The molecule has 0 radical (unpaired) electrons. The highest BCUT2D eigenvalue weighted by Gasteiger charge is 2.11. The lowest BCUT2D eigenvalue weighted by atomic mass is 10.1. The van der Waals surface area contributed by atoms with Crippen LogP contribution in [-0.4, -0.2) is 21.6 Å². The second-order valence-electron chi connectivity index (χ2n) is 5.64. The second kappa shape index (κ2) is 7.68. The van der Waals surface area contributed by atoms with Crippen LogP contribution in [0, 0.1) is 6.92 Å². The summed E-state index contributed by atoms with van der Waals surface area (Å²) in [6.45, 7) is 2.22. The van der Waals surface area contributed by atoms with Crippen molar-refractivity contribution in [1.29, 1.82) is 0 Å². The molecule has 5 nitrogen and oxygen atoms in total. The van der Waals surface area contributed by atoms with E-state index in [9.17, 15) is 14.7 Å². The van der Waals surface area contributed by atoms with Crippen LogP contribution in [0.15, 0.2) is 59.7 Å². The zero-order chi connectivity index (χ0) is 18.7. The Hall–Kier alpha value is -2.70. The highest BCUT2D eigenvalue weighted by atomic mass is 35.5. The van der Waals surface area contributed by atoms with E-state index in [4.69, 9.17) is 11.6 Å². The molecule has 3 rings (SSSR count). The molecule has 0 saturated carbocycles. The van der Waals surface area contributed by atoms with E-state index in [1.165, 1.54) is 11.3 Å². The van der Waals surface area contributed by atoms with Crippen molar-refractivity contribution >= 4 is 34.8 Å². The van der Waals surface area contributed by atoms with Gasteiger partial charge in [0.15, 0.2) is 4.80 Å². The number of aryl methyl sites for hydroxylation is 1. The number of halogens is 1. The molecule has 0 atom stereocenters. The smallest absolute Gasteiger partial charge is 0.336 e. The van der Waals surface area contributed by atoms with E-state index in [2.05, 4.69) is 4.99 Å². The van der Waals surface area contributed by atoms with Crippen LogP contribution < -0.4 is 4.80 Å². The van der Waals surface area contributed by atoms with Crippen molar-refractivity contribution in [3.05, 3.63) is 86.1 Å². The third-order valence-electron chi connectivity index (χ3n) is 3.69. The normalized spacial score (nSPS) is 11.5. The van der Waals surface area contributed by atoms with E-state index in [0.717, 1.165) is 4.88 Å². The molecule has 0 fully saturated rings. The van der Waals surface area contributed by atoms with Gasteiger partial charge < -0.3 is 9.67 Å². The highest BCUT2D eigenvalue weighted by molar-refractivity contribution is 7.09. The number of aromatic nitrogens is 1. The summed E-state index contributed by atoms with van der Waals surface area (Å²) in [5.74, 6) is -1.38. The maximum Gasteiger partial charge on any atom is 0.336 e. The Morgan fingerprint density at radius 2 is 1.96 bits per heavy atom. The zero-order valence-corrected chi connectivity index (χ0v) is 15.4. The molecule has 132 valence electrons. The maximum atomic E-state index is 12.4. The fraction of sp³-hybridized carbons (Fsp3) is 0.105. The van der Waals surface area contributed by atoms with E-state index < -0.39 is 11.9 Å². The molecule has 26 heavy (non-hydrogen) atoms. The van der Waals surface area contributed by atoms with Gasteiger partial charge >= 0.3 is 5.97 Å². The molecular formula is C19H15ClN2O3S. The minimum Gasteiger partial charge on any atom is -0.478 e. The number of hydrogen-bond acceptors (Lipinski definition) is 3. The van der Waals surface area contributed by atoms with Gasteiger partial charge in [0.1, 0.15) is 0 Å². The zero-order valence-electron chi connectivity index (χ0n) is 13.8. The van der Waals surface area contributed by atoms with Crippen molar-refractivity contribution in [3.63, 3.8) is 0 Å². The Morgan fingerprint density at radius 1 is 1.19 bits per heavy atom. The summed E-state index contributed by atoms with van der Waals surface area (Å²) in [6.07, 6.45) is 1.85. The van der Waals surface area contributed by atoms with E-state index in [1.54, 1.807) is 53.1 Å². The fourth-order valence-corrected chi connectivity index (χ4v) is 3.55. The van der Waals surface area contributed by atoms with Crippen molar-refractivity contribution in [1.82, 2.24) is 4.57 Å². The summed E-state index contributed by atoms with van der Waals surface area (Å²) in [5.41, 5.74) is 1.28. The van der Waals surface area contributed by atoms with Crippen LogP contribution in [0.4, 0.5) is 0 Å². The summed E-state index contributed by atoms with van der Waals surface area (Å²) in [4.78, 5) is 29.5. The Bertz CT molecular complexity index is 1050. The number of carbonyl (C=O) groups is 2. The van der Waals surface area contributed by atoms with Gasteiger partial charge in [-0.2, -0.15) is 4.99 Å². The minimum absolute atomic E-state index is 0.232. The van der Waals surface area contributed by atoms with Crippen molar-refractivity contribution in [3.8, 4) is 0 Å². The monoisotopic (exact) mass is 386 g/mol. The molecule has 1 heterocycles. The van der Waals surface area contributed by atoms with Crippen LogP contribution >= 0.6 is 22.9 Å². The van der Waals surface area contributed by atoms with Crippen molar-refractivity contribution in [2.75, 3.05) is 0 Å². The molecule has 0 spiro atoms. The molecule has 0 aliphatic rings. The first-order valence-electron chi connectivity index (χ1n) is 7.77. The molecule has 0 bridgehead atoms. The first-order chi connectivity index (χ1) is 12.4. The van der Waals surface area contributed by atoms with Crippen LogP contribution in [0.2, 0.25) is 5.02 Å². The predicted octanol–water partition coefficient (Wildman–Crippen LogP) is 4.00. The number of aromatic carboxylic acids is 1. The Kier molecular flexibility index (Phi) is 5.35. The molecule has 2 aromatic carbocycles. The topological polar surface area (TPSA) is 71.7 Å². The van der Waals surface area contributed by atoms with E-state index >= 15 is 0 Å². The first-order valence-corrected chi connectivity index (χ1v) is 8.96. The van der Waals surface area contributed by atoms with E-state index in [-0.39, 0.29) is 5.56 Å². The van der Waals surface area contributed by atoms with Crippen LogP contribution in [0.5, 0.6) is 0 Å². The lowest BCUT2D eigenvalue weighted by Gasteiger charge is -2.07. The van der Waals surface area contributed by atoms with Crippen LogP contribution in [0.1, 0.15) is 31.2 Å². The number of carboxylic acid groups (broad SMARTS) is 1. The number of nitrogens with zero attached hydrogens (tertiary/aromatic N) is 2. The summed E-state index contributed by atoms with van der Waals surface area (Å²) in [5, 5.41) is 9.81. The first kappa shape index (κ1) is 18.1. The molecule has 0 aliphatic carbocycles. The third kappa shape index (κ3) is 4.09. The van der Waals surface area contributed by atoms with Gasteiger partial charge in [-0.15, -0.1) is 11.3 Å². The number of carbonyl (C=O) groups excluding carboxylic acids is 1. The average Bonchev–Trinajstić information content (AvgIpc) is 2.94. The summed E-state index contributed by atoms with van der Waals surface area (Å²) >= 11 is 7.30. The standard InChI is InChI=1S/C19H15ClN2O3S/c1-12-10-22(11-14-5-2-3-8-16(14)18(24)25)19(26-12)21-17(23)13-6-4-7-15(20)9-13/h2-10H,11H2,1H3,(H,24,25). The quantitative estimate of drug-likeness (QED) is 0.736. The van der Waals surface area contributed by atoms with Crippen LogP contribution in [0.3, 0.4) is 0 Å². The van der Waals surface area contributed by atoms with Gasteiger partial charge in [-0.25, -0.2) is 4.79 Å². The number of benzene rings is 2. The predicted molar refractivity (Wildman–Crippen MR) is 101 cm³/mol. The molecular weight excluding hydrogens is 372 g/mol. The lowest BCUT2D eigenvalue weighted by molar-refractivity contribution is 0.0695. The summed E-state index contributed by atoms with van der Waals surface area (Å²) in [6, 6.07) is 13.4. The number of carboxylic acids is 1. The Balaban J connectivity index is 1.99. The van der Waals surface area contributed by atoms with E-state index in [0.29, 0.717) is 27.5 Å². The molecule has 1 amide bonds. The average molecular weight is 387 g/mol. The van der Waals surface area contributed by atoms with Crippen molar-refractivity contribution < 1.29 is 14.7 Å². The van der Waals surface area contributed by atoms with Crippen LogP contribution in [0.25, 0.3) is 0 Å².